The van der Waals surface area contributed by atoms with Gasteiger partial charge >= 0.3 is 0 Å². The molecule has 0 radical (unpaired) electrons. The summed E-state index contributed by atoms with van der Waals surface area (Å²) in [5.74, 6) is -1.32. The molecule has 0 spiro atoms. The van der Waals surface area contributed by atoms with Gasteiger partial charge in [0, 0.05) is 0 Å². The molecule has 1 saturated heterocycles. The zero-order valence-corrected chi connectivity index (χ0v) is 9.21. The van der Waals surface area contributed by atoms with E-state index in [9.17, 15) is 14.4 Å². The van der Waals surface area contributed by atoms with Crippen molar-refractivity contribution in [3.8, 4) is 0 Å². The Kier molecular flexibility index (Phi) is 2.65. The Labute approximate surface area is 94.6 Å². The minimum atomic E-state index is -0.472. The van der Waals surface area contributed by atoms with Gasteiger partial charge in [0.15, 0.2) is 0 Å². The molecule has 0 aromatic carbocycles. The Hall–Kier alpha value is -1.83. The molecule has 84 valence electrons. The second-order valence-electron chi connectivity index (χ2n) is 3.32. The van der Waals surface area contributed by atoms with Crippen molar-refractivity contribution >= 4 is 29.3 Å². The molecule has 1 fully saturated rings. The second kappa shape index (κ2) is 3.97. The summed E-state index contributed by atoms with van der Waals surface area (Å²) in [7, 11) is 0. The Balaban J connectivity index is 2.19. The standard InChI is InChI=1S/C8H8N4O3S/c1-4-7(16-11-10-4)8(15)12-2-5(13)9-6(14)3-12/h2-3H2,1H3,(H,9,13,14). The van der Waals surface area contributed by atoms with Crippen molar-refractivity contribution in [2.45, 2.75) is 6.92 Å². The first kappa shape index (κ1) is 10.7. The Bertz CT molecular complexity index is 454. The molecule has 1 aliphatic rings. The lowest BCUT2D eigenvalue weighted by Crippen LogP contribution is -2.53. The van der Waals surface area contributed by atoms with Crippen LogP contribution in [0.4, 0.5) is 0 Å². The summed E-state index contributed by atoms with van der Waals surface area (Å²) in [5, 5.41) is 5.83. The maximum atomic E-state index is 11.9. The van der Waals surface area contributed by atoms with Crippen LogP contribution in [0.25, 0.3) is 0 Å². The van der Waals surface area contributed by atoms with E-state index in [0.29, 0.717) is 10.6 Å². The van der Waals surface area contributed by atoms with Crippen LogP contribution in [0.1, 0.15) is 15.4 Å². The molecule has 2 rings (SSSR count). The number of amides is 3. The van der Waals surface area contributed by atoms with E-state index in [1.807, 2.05) is 0 Å². The van der Waals surface area contributed by atoms with E-state index in [0.717, 1.165) is 11.5 Å². The van der Waals surface area contributed by atoms with Crippen LogP contribution in [0.15, 0.2) is 0 Å². The number of aromatic nitrogens is 2. The summed E-state index contributed by atoms with van der Waals surface area (Å²) in [6.07, 6.45) is 0. The Morgan fingerprint density at radius 2 is 2.00 bits per heavy atom. The molecule has 0 saturated carbocycles. The highest BCUT2D eigenvalue weighted by Gasteiger charge is 2.29. The van der Waals surface area contributed by atoms with Crippen LogP contribution in [-0.2, 0) is 9.59 Å². The van der Waals surface area contributed by atoms with Crippen molar-refractivity contribution in [2.24, 2.45) is 0 Å². The molecular weight excluding hydrogens is 232 g/mol. The number of nitrogens with one attached hydrogen (secondary N) is 1. The third-order valence-electron chi connectivity index (χ3n) is 2.08. The van der Waals surface area contributed by atoms with E-state index in [1.165, 1.54) is 4.90 Å². The zero-order valence-electron chi connectivity index (χ0n) is 8.39. The molecule has 0 aliphatic carbocycles. The predicted molar refractivity (Wildman–Crippen MR) is 53.7 cm³/mol. The predicted octanol–water partition coefficient (Wildman–Crippen LogP) is -1.05. The number of rotatable bonds is 1. The highest BCUT2D eigenvalue weighted by atomic mass is 32.1. The SMILES string of the molecule is Cc1nnsc1C(=O)N1CC(=O)NC(=O)C1. The molecule has 1 aromatic rings. The molecule has 1 aromatic heterocycles. The molecule has 0 unspecified atom stereocenters. The molecule has 0 atom stereocenters. The van der Waals surface area contributed by atoms with Crippen molar-refractivity contribution in [1.29, 1.82) is 0 Å². The number of piperazine rings is 1. The van der Waals surface area contributed by atoms with Crippen molar-refractivity contribution < 1.29 is 14.4 Å². The van der Waals surface area contributed by atoms with Crippen molar-refractivity contribution in [1.82, 2.24) is 19.8 Å². The van der Waals surface area contributed by atoms with Gasteiger partial charge in [-0.3, -0.25) is 19.7 Å². The number of hydrogen-bond donors (Lipinski definition) is 1. The first-order valence-electron chi connectivity index (χ1n) is 4.49. The first-order valence-corrected chi connectivity index (χ1v) is 5.26. The summed E-state index contributed by atoms with van der Waals surface area (Å²) in [6, 6.07) is 0. The zero-order chi connectivity index (χ0) is 11.7. The van der Waals surface area contributed by atoms with Gasteiger partial charge in [-0.05, 0) is 18.5 Å². The topological polar surface area (TPSA) is 92.3 Å². The monoisotopic (exact) mass is 240 g/mol. The number of carbonyl (C=O) groups excluding carboxylic acids is 3. The lowest BCUT2D eigenvalue weighted by Gasteiger charge is -2.24. The second-order valence-corrected chi connectivity index (χ2v) is 4.07. The van der Waals surface area contributed by atoms with Crippen molar-refractivity contribution in [2.75, 3.05) is 13.1 Å². The number of hydrogen-bond acceptors (Lipinski definition) is 6. The van der Waals surface area contributed by atoms with Gasteiger partial charge in [-0.15, -0.1) is 5.10 Å². The van der Waals surface area contributed by atoms with Gasteiger partial charge in [-0.2, -0.15) is 0 Å². The van der Waals surface area contributed by atoms with Crippen LogP contribution in [0, 0.1) is 6.92 Å². The van der Waals surface area contributed by atoms with Gasteiger partial charge in [0.25, 0.3) is 5.91 Å². The fraction of sp³-hybridized carbons (Fsp3) is 0.375. The van der Waals surface area contributed by atoms with Crippen molar-refractivity contribution in [3.63, 3.8) is 0 Å². The Morgan fingerprint density at radius 1 is 1.38 bits per heavy atom. The Morgan fingerprint density at radius 3 is 2.50 bits per heavy atom. The maximum absolute atomic E-state index is 11.9. The van der Waals surface area contributed by atoms with Crippen LogP contribution in [0.5, 0.6) is 0 Å². The summed E-state index contributed by atoms with van der Waals surface area (Å²) < 4.78 is 3.63. The van der Waals surface area contributed by atoms with Gasteiger partial charge in [-0.25, -0.2) is 0 Å². The van der Waals surface area contributed by atoms with E-state index in [1.54, 1.807) is 6.92 Å². The van der Waals surface area contributed by atoms with Gasteiger partial charge < -0.3 is 4.90 Å². The van der Waals surface area contributed by atoms with Crippen LogP contribution >= 0.6 is 11.5 Å². The molecule has 16 heavy (non-hydrogen) atoms. The highest BCUT2D eigenvalue weighted by molar-refractivity contribution is 7.08. The van der Waals surface area contributed by atoms with Crippen LogP contribution in [-0.4, -0.2) is 45.3 Å². The van der Waals surface area contributed by atoms with Crippen molar-refractivity contribution in [3.05, 3.63) is 10.6 Å². The summed E-state index contributed by atoms with van der Waals surface area (Å²) in [5.41, 5.74) is 0.508. The largest absolute Gasteiger partial charge is 0.319 e. The van der Waals surface area contributed by atoms with E-state index in [-0.39, 0.29) is 19.0 Å². The maximum Gasteiger partial charge on any atom is 0.268 e. The number of nitrogens with zero attached hydrogens (tertiary/aromatic N) is 3. The molecule has 2 heterocycles. The molecular formula is C8H8N4O3S. The summed E-state index contributed by atoms with van der Waals surface area (Å²) in [6.45, 7) is 1.44. The van der Waals surface area contributed by atoms with Gasteiger partial charge in [0.2, 0.25) is 11.8 Å². The van der Waals surface area contributed by atoms with Crippen LogP contribution in [0.2, 0.25) is 0 Å². The first-order chi connectivity index (χ1) is 7.58. The summed E-state index contributed by atoms with van der Waals surface area (Å²) in [4.78, 5) is 35.6. The quantitative estimate of drug-likeness (QED) is 0.632. The van der Waals surface area contributed by atoms with E-state index in [2.05, 4.69) is 14.9 Å². The van der Waals surface area contributed by atoms with E-state index < -0.39 is 11.8 Å². The third kappa shape index (κ3) is 1.91. The highest BCUT2D eigenvalue weighted by Crippen LogP contribution is 2.13. The number of aryl methyl sites for hydroxylation is 1. The van der Waals surface area contributed by atoms with Crippen LogP contribution in [0.3, 0.4) is 0 Å². The molecule has 7 nitrogen and oxygen atoms in total. The lowest BCUT2D eigenvalue weighted by molar-refractivity contribution is -0.135. The fourth-order valence-corrected chi connectivity index (χ4v) is 1.98. The molecule has 1 aliphatic heterocycles. The fourth-order valence-electron chi connectivity index (χ4n) is 1.35. The molecule has 8 heteroatoms. The van der Waals surface area contributed by atoms with E-state index >= 15 is 0 Å². The van der Waals surface area contributed by atoms with Gasteiger partial charge in [-0.1, -0.05) is 4.49 Å². The minimum Gasteiger partial charge on any atom is -0.319 e. The smallest absolute Gasteiger partial charge is 0.268 e. The number of imide groups is 1. The number of carbonyl (C=O) groups is 3. The average molecular weight is 240 g/mol. The van der Waals surface area contributed by atoms with E-state index in [4.69, 9.17) is 0 Å². The van der Waals surface area contributed by atoms with Gasteiger partial charge in [0.1, 0.15) is 18.0 Å². The minimum absolute atomic E-state index is 0.109. The van der Waals surface area contributed by atoms with Gasteiger partial charge in [0.05, 0.1) is 5.69 Å². The summed E-state index contributed by atoms with van der Waals surface area (Å²) >= 11 is 0.958. The van der Waals surface area contributed by atoms with Crippen LogP contribution < -0.4 is 5.32 Å². The molecule has 0 bridgehead atoms. The lowest BCUT2D eigenvalue weighted by atomic mass is 10.3. The normalized spacial score (nSPS) is 16.2. The average Bonchev–Trinajstić information content (AvgIpc) is 2.62. The molecule has 1 N–H and O–H groups in total. The third-order valence-corrected chi connectivity index (χ3v) is 2.90. The molecule has 3 amide bonds.